The molecule has 0 radical (unpaired) electrons. The fraction of sp³-hybridized carbons (Fsp3) is 0.333. The first-order valence-corrected chi connectivity index (χ1v) is 12.9. The summed E-state index contributed by atoms with van der Waals surface area (Å²) in [4.78, 5) is 30.7. The molecule has 5 rings (SSSR count). The number of carbonyl (C=O) groups excluding carboxylic acids is 2. The molecule has 7 nitrogen and oxygen atoms in total. The zero-order chi connectivity index (χ0) is 25.8. The van der Waals surface area contributed by atoms with E-state index in [9.17, 15) is 14.7 Å². The van der Waals surface area contributed by atoms with Crippen LogP contribution in [0.2, 0.25) is 0 Å². The Balaban J connectivity index is 1.42. The summed E-state index contributed by atoms with van der Waals surface area (Å²) in [6.45, 7) is 5.03. The van der Waals surface area contributed by atoms with Crippen molar-refractivity contribution in [3.05, 3.63) is 95.5 Å². The van der Waals surface area contributed by atoms with Gasteiger partial charge in [-0.25, -0.2) is 0 Å². The maximum absolute atomic E-state index is 13.4. The Morgan fingerprint density at radius 3 is 2.51 bits per heavy atom. The maximum Gasteiger partial charge on any atom is 0.296 e. The highest BCUT2D eigenvalue weighted by molar-refractivity contribution is 6.46. The van der Waals surface area contributed by atoms with Crippen LogP contribution in [0.4, 0.5) is 0 Å². The van der Waals surface area contributed by atoms with Gasteiger partial charge in [-0.05, 0) is 49.1 Å². The molecule has 1 aromatic heterocycles. The average Bonchev–Trinajstić information content (AvgIpc) is 3.55. The SMILES string of the molecule is CCCOc1cccc(/C(O)=C2/C(=O)C(=O)N(C3CCN(Cc4ccccc4)CC3)C2c2ccco2)c1. The van der Waals surface area contributed by atoms with Crippen molar-refractivity contribution in [1.82, 2.24) is 9.80 Å². The first-order chi connectivity index (χ1) is 18.1. The summed E-state index contributed by atoms with van der Waals surface area (Å²) >= 11 is 0. The van der Waals surface area contributed by atoms with E-state index in [1.165, 1.54) is 11.8 Å². The van der Waals surface area contributed by atoms with E-state index in [4.69, 9.17) is 9.15 Å². The van der Waals surface area contributed by atoms with Crippen LogP contribution in [-0.2, 0) is 16.1 Å². The third kappa shape index (κ3) is 5.18. The van der Waals surface area contributed by atoms with E-state index in [-0.39, 0.29) is 17.4 Å². The van der Waals surface area contributed by atoms with E-state index in [2.05, 4.69) is 17.0 Å². The van der Waals surface area contributed by atoms with Crippen molar-refractivity contribution in [3.8, 4) is 5.75 Å². The Labute approximate surface area is 216 Å². The van der Waals surface area contributed by atoms with Crippen molar-refractivity contribution in [1.29, 1.82) is 0 Å². The smallest absolute Gasteiger partial charge is 0.296 e. The van der Waals surface area contributed by atoms with Gasteiger partial charge in [0.15, 0.2) is 0 Å². The monoisotopic (exact) mass is 500 g/mol. The molecule has 1 unspecified atom stereocenters. The van der Waals surface area contributed by atoms with Crippen molar-refractivity contribution in [2.45, 2.75) is 44.8 Å². The molecule has 7 heteroatoms. The lowest BCUT2D eigenvalue weighted by atomic mass is 9.97. The molecule has 1 atom stereocenters. The highest BCUT2D eigenvalue weighted by Gasteiger charge is 2.50. The second kappa shape index (κ2) is 11.0. The second-order valence-electron chi connectivity index (χ2n) is 9.59. The number of aliphatic hydroxyl groups is 1. The minimum absolute atomic E-state index is 0.0549. The number of hydrogen-bond acceptors (Lipinski definition) is 6. The lowest BCUT2D eigenvalue weighted by molar-refractivity contribution is -0.142. The van der Waals surface area contributed by atoms with Crippen LogP contribution in [0.15, 0.2) is 83.0 Å². The summed E-state index contributed by atoms with van der Waals surface area (Å²) < 4.78 is 11.4. The first-order valence-electron chi connectivity index (χ1n) is 12.9. The van der Waals surface area contributed by atoms with Crippen LogP contribution in [0.3, 0.4) is 0 Å². The molecule has 1 N–H and O–H groups in total. The third-order valence-corrected chi connectivity index (χ3v) is 7.07. The van der Waals surface area contributed by atoms with Gasteiger partial charge in [0.1, 0.15) is 23.3 Å². The van der Waals surface area contributed by atoms with Crippen LogP contribution in [0.5, 0.6) is 5.75 Å². The number of aliphatic hydroxyl groups excluding tert-OH is 1. The van der Waals surface area contributed by atoms with Crippen molar-refractivity contribution < 1.29 is 23.8 Å². The molecule has 1 amide bonds. The van der Waals surface area contributed by atoms with Gasteiger partial charge >= 0.3 is 0 Å². The summed E-state index contributed by atoms with van der Waals surface area (Å²) in [6, 6.07) is 19.9. The molecule has 2 aliphatic rings. The number of hydrogen-bond donors (Lipinski definition) is 1. The molecule has 0 bridgehead atoms. The third-order valence-electron chi connectivity index (χ3n) is 7.07. The topological polar surface area (TPSA) is 83.2 Å². The molecule has 37 heavy (non-hydrogen) atoms. The molecule has 192 valence electrons. The standard InChI is InChI=1S/C30H32N2O5/c1-2-17-36-24-11-6-10-22(19-24)28(33)26-27(25-12-7-18-37-25)32(30(35)29(26)34)23-13-15-31(16-14-23)20-21-8-4-3-5-9-21/h3-12,18-19,23,27,33H,2,13-17,20H2,1H3/b28-26-. The van der Waals surface area contributed by atoms with Gasteiger partial charge in [-0.15, -0.1) is 0 Å². The minimum Gasteiger partial charge on any atom is -0.507 e. The summed E-state index contributed by atoms with van der Waals surface area (Å²) in [5.41, 5.74) is 1.74. The Bertz CT molecular complexity index is 1260. The highest BCUT2D eigenvalue weighted by Crippen LogP contribution is 2.42. The largest absolute Gasteiger partial charge is 0.507 e. The number of nitrogens with zero attached hydrogens (tertiary/aromatic N) is 2. The molecule has 2 saturated heterocycles. The van der Waals surface area contributed by atoms with Crippen molar-refractivity contribution in [2.75, 3.05) is 19.7 Å². The summed E-state index contributed by atoms with van der Waals surface area (Å²) in [7, 11) is 0. The fourth-order valence-electron chi connectivity index (χ4n) is 5.26. The zero-order valence-corrected chi connectivity index (χ0v) is 21.0. The Kier molecular flexibility index (Phi) is 7.42. The van der Waals surface area contributed by atoms with E-state index in [1.807, 2.05) is 25.1 Å². The maximum atomic E-state index is 13.4. The van der Waals surface area contributed by atoms with Gasteiger partial charge in [-0.2, -0.15) is 0 Å². The molecule has 3 aromatic rings. The second-order valence-corrected chi connectivity index (χ2v) is 9.59. The Morgan fingerprint density at radius 2 is 1.81 bits per heavy atom. The minimum atomic E-state index is -0.777. The molecule has 2 fully saturated rings. The van der Waals surface area contributed by atoms with Crippen LogP contribution in [0.1, 0.15) is 49.1 Å². The van der Waals surface area contributed by atoms with Crippen LogP contribution < -0.4 is 4.74 Å². The van der Waals surface area contributed by atoms with Crippen molar-refractivity contribution in [3.63, 3.8) is 0 Å². The van der Waals surface area contributed by atoms with E-state index < -0.39 is 17.7 Å². The lowest BCUT2D eigenvalue weighted by Crippen LogP contribution is -2.46. The average molecular weight is 501 g/mol. The zero-order valence-electron chi connectivity index (χ0n) is 21.0. The quantitative estimate of drug-likeness (QED) is 0.262. The number of ether oxygens (including phenoxy) is 1. The molecule has 2 aromatic carbocycles. The Morgan fingerprint density at radius 1 is 1.03 bits per heavy atom. The van der Waals surface area contributed by atoms with Gasteiger partial charge in [0.05, 0.1) is 18.4 Å². The summed E-state index contributed by atoms with van der Waals surface area (Å²) in [5.74, 6) is -0.439. The van der Waals surface area contributed by atoms with Crippen LogP contribution >= 0.6 is 0 Å². The molecule has 3 heterocycles. The molecule has 0 spiro atoms. The molecule has 0 aliphatic carbocycles. The van der Waals surface area contributed by atoms with Crippen LogP contribution in [-0.4, -0.2) is 52.3 Å². The summed E-state index contributed by atoms with van der Waals surface area (Å²) in [5, 5.41) is 11.3. The molecule has 0 saturated carbocycles. The number of furan rings is 1. The van der Waals surface area contributed by atoms with Gasteiger partial charge in [0.2, 0.25) is 0 Å². The van der Waals surface area contributed by atoms with Crippen molar-refractivity contribution in [2.24, 2.45) is 0 Å². The number of piperidine rings is 1. The summed E-state index contributed by atoms with van der Waals surface area (Å²) in [6.07, 6.45) is 3.84. The van der Waals surface area contributed by atoms with Crippen molar-refractivity contribution >= 4 is 17.4 Å². The predicted molar refractivity (Wildman–Crippen MR) is 140 cm³/mol. The van der Waals surface area contributed by atoms with Gasteiger partial charge in [-0.3, -0.25) is 14.5 Å². The van der Waals surface area contributed by atoms with E-state index in [0.29, 0.717) is 23.7 Å². The van der Waals surface area contributed by atoms with E-state index in [1.54, 1.807) is 41.3 Å². The highest BCUT2D eigenvalue weighted by atomic mass is 16.5. The number of ketones is 1. The molecule has 2 aliphatic heterocycles. The van der Waals surface area contributed by atoms with Gasteiger partial charge in [-0.1, -0.05) is 49.4 Å². The normalized spacial score (nSPS) is 20.5. The van der Waals surface area contributed by atoms with Gasteiger partial charge < -0.3 is 19.2 Å². The van der Waals surface area contributed by atoms with E-state index in [0.717, 1.165) is 38.9 Å². The number of benzene rings is 2. The lowest BCUT2D eigenvalue weighted by Gasteiger charge is -2.38. The van der Waals surface area contributed by atoms with Crippen LogP contribution in [0.25, 0.3) is 5.76 Å². The number of Topliss-reactive ketones (excluding diaryl/α,β-unsaturated/α-hetero) is 1. The van der Waals surface area contributed by atoms with Gasteiger partial charge in [0, 0.05) is 31.2 Å². The number of amides is 1. The van der Waals surface area contributed by atoms with Crippen LogP contribution in [0, 0.1) is 0 Å². The van der Waals surface area contributed by atoms with E-state index >= 15 is 0 Å². The molecular weight excluding hydrogens is 468 g/mol. The first kappa shape index (κ1) is 24.8. The van der Waals surface area contributed by atoms with Gasteiger partial charge in [0.25, 0.3) is 11.7 Å². The number of likely N-dealkylation sites (tertiary alicyclic amines) is 2. The Hall–Kier alpha value is -3.84. The number of rotatable bonds is 8. The number of carbonyl (C=O) groups is 2. The molecular formula is C30H32N2O5. The fourth-order valence-corrected chi connectivity index (χ4v) is 5.26. The predicted octanol–water partition coefficient (Wildman–Crippen LogP) is 5.15.